The molecule has 65 heavy (non-hydrogen) atoms. The quantitative estimate of drug-likeness (QED) is 0.0402. The lowest BCUT2D eigenvalue weighted by Gasteiger charge is -2.36. The average Bonchev–Trinajstić information content (AvgIpc) is 3.79. The molecule has 2 aromatic rings. The Morgan fingerprint density at radius 2 is 1.62 bits per heavy atom. The predicted molar refractivity (Wildman–Crippen MR) is 228 cm³/mol. The van der Waals surface area contributed by atoms with E-state index in [1.807, 2.05) is 0 Å². The summed E-state index contributed by atoms with van der Waals surface area (Å²) < 4.78 is 60.8. The summed E-state index contributed by atoms with van der Waals surface area (Å²) in [7, 11) is -17.6. The lowest BCUT2D eigenvalue weighted by Crippen LogP contribution is -2.46. The third-order valence-corrected chi connectivity index (χ3v) is 13.5. The van der Waals surface area contributed by atoms with E-state index in [4.69, 9.17) is 10.5 Å². The Morgan fingerprint density at radius 3 is 2.31 bits per heavy atom. The molecule has 368 valence electrons. The van der Waals surface area contributed by atoms with Crippen LogP contribution in [0.5, 0.6) is 0 Å². The number of nitrogens with one attached hydrogen (secondary N) is 2. The molecule has 0 radical (unpaired) electrons. The van der Waals surface area contributed by atoms with Crippen LogP contribution in [0.25, 0.3) is 11.2 Å². The van der Waals surface area contributed by atoms with Gasteiger partial charge in [0.15, 0.2) is 22.8 Å². The first-order chi connectivity index (χ1) is 30.6. The van der Waals surface area contributed by atoms with Crippen molar-refractivity contribution < 1.29 is 80.5 Å². The molecule has 3 rings (SSSR count). The fourth-order valence-corrected chi connectivity index (χ4v) is 9.56. The number of carbonyl (C=O) groups excluding carboxylic acids is 3. The largest absolute Gasteiger partial charge is 0.790 e. The maximum Gasteiger partial charge on any atom is 0.274 e. The number of rotatable bonds is 31. The van der Waals surface area contributed by atoms with Crippen LogP contribution in [0.3, 0.4) is 0 Å². The van der Waals surface area contributed by atoms with Gasteiger partial charge in [0.1, 0.15) is 36.3 Å². The Labute approximate surface area is 381 Å². The highest BCUT2D eigenvalue weighted by atomic mass is 32.2. The first-order valence-corrected chi connectivity index (χ1v) is 26.2. The number of aromatic nitrogens is 4. The van der Waals surface area contributed by atoms with Crippen LogP contribution in [0.2, 0.25) is 0 Å². The van der Waals surface area contributed by atoms with Gasteiger partial charge in [-0.1, -0.05) is 88.9 Å². The second-order valence-corrected chi connectivity index (χ2v) is 20.7. The molecule has 2 amide bonds. The number of anilines is 1. The highest BCUT2D eigenvalue weighted by Gasteiger charge is 2.47. The molecule has 1 aliphatic rings. The van der Waals surface area contributed by atoms with Crippen molar-refractivity contribution in [2.24, 2.45) is 5.41 Å². The first-order valence-electron chi connectivity index (χ1n) is 20.8. The number of amides is 2. The van der Waals surface area contributed by atoms with E-state index in [2.05, 4.69) is 74.7 Å². The number of nitrogens with two attached hydrogens (primary N) is 1. The first kappa shape index (κ1) is 56.4. The third-order valence-electron chi connectivity index (χ3n) is 9.58. The lowest BCUT2D eigenvalue weighted by molar-refractivity contribution is -0.347. The average molecular weight is 998 g/mol. The summed E-state index contributed by atoms with van der Waals surface area (Å²) in [5.41, 5.74) is 4.08. The summed E-state index contributed by atoms with van der Waals surface area (Å²) in [5.74, 6) is -1.15. The molecule has 0 aromatic carbocycles. The predicted octanol–water partition coefficient (Wildman–Crippen LogP) is 1.17. The Bertz CT molecular complexity index is 2050. The highest BCUT2D eigenvalue weighted by molar-refractivity contribution is 8.13. The van der Waals surface area contributed by atoms with Crippen molar-refractivity contribution in [3.05, 3.63) is 37.0 Å². The minimum Gasteiger partial charge on any atom is -0.790 e. The molecular weight excluding hydrogens is 939 g/mol. The second kappa shape index (κ2) is 27.1. The molecule has 2 aromatic heterocycles. The van der Waals surface area contributed by atoms with E-state index >= 15 is 0 Å². The van der Waals surface area contributed by atoms with Crippen molar-refractivity contribution in [3.8, 4) is 0 Å². The number of phosphoric ester groups is 3. The molecular formula is C37H58N7O17P3S-4. The Kier molecular flexibility index (Phi) is 23.5. The Hall–Kier alpha value is -2.96. The summed E-state index contributed by atoms with van der Waals surface area (Å²) >= 11 is 1.13. The molecule has 0 spiro atoms. The summed E-state index contributed by atoms with van der Waals surface area (Å²) in [6.07, 6.45) is 11.0. The zero-order chi connectivity index (χ0) is 48.3. The van der Waals surface area contributed by atoms with E-state index in [1.54, 1.807) is 0 Å². The number of nitrogens with zero attached hydrogens (tertiary/aromatic N) is 4. The zero-order valence-electron chi connectivity index (χ0n) is 36.3. The molecule has 1 fully saturated rings. The van der Waals surface area contributed by atoms with E-state index in [9.17, 15) is 57.9 Å². The van der Waals surface area contributed by atoms with Crippen LogP contribution < -0.4 is 35.9 Å². The molecule has 7 atom stereocenters. The number of thioether (sulfide) groups is 1. The number of ether oxygens (including phenoxy) is 1. The second-order valence-electron chi connectivity index (χ2n) is 15.5. The molecule has 0 bridgehead atoms. The van der Waals surface area contributed by atoms with Crippen molar-refractivity contribution >= 4 is 69.1 Å². The Morgan fingerprint density at radius 1 is 0.954 bits per heavy atom. The van der Waals surface area contributed by atoms with Gasteiger partial charge < -0.3 is 69.0 Å². The van der Waals surface area contributed by atoms with E-state index in [0.29, 0.717) is 12.2 Å². The van der Waals surface area contributed by atoms with Gasteiger partial charge in [-0.15, -0.1) is 0 Å². The van der Waals surface area contributed by atoms with Gasteiger partial charge in [0.2, 0.25) is 11.8 Å². The number of hydrogen-bond donors (Lipinski definition) is 5. The topological polar surface area (TPSA) is 375 Å². The summed E-state index contributed by atoms with van der Waals surface area (Å²) in [4.78, 5) is 96.7. The number of carbonyl (C=O) groups is 3. The van der Waals surface area contributed by atoms with Crippen LogP contribution in [0, 0.1) is 5.41 Å². The molecule has 2 unspecified atom stereocenters. The fourth-order valence-electron chi connectivity index (χ4n) is 6.10. The van der Waals surface area contributed by atoms with Crippen LogP contribution in [0.1, 0.15) is 97.6 Å². The van der Waals surface area contributed by atoms with Gasteiger partial charge in [-0.05, 0) is 25.7 Å². The van der Waals surface area contributed by atoms with Crippen LogP contribution in [-0.2, 0) is 50.7 Å². The monoisotopic (exact) mass is 997 g/mol. The van der Waals surface area contributed by atoms with Crippen LogP contribution in [0.4, 0.5) is 5.82 Å². The maximum absolute atomic E-state index is 12.6. The standard InChI is InChI=1S/C37H62N7O17P3S/c1-4-5-6-7-8-9-10-11-12-13-14-15-16-17-28(46)65-21-20-39-27(45)18-19-40-35(49)32(48)37(2,3)23-58-64(55,56)61-63(53,54)57-22-26-31(60-62(50,51)52)30(47)36(59-26)44-25-43-29-33(38)41-24-42-34(29)44/h6-9,24-26,30-32,36,47-48H,4-5,10-23H2,1-3H3,(H,39,45)(H,40,49)(H,53,54)(H,55,56)(H2,38,41,42)(H2,50,51,52)/p-4/b7-6-,9-8+/t26-,30-,31-,32+,36-/m1/s1. The molecule has 24 nitrogen and oxygen atoms in total. The number of imidazole rings is 1. The van der Waals surface area contributed by atoms with Gasteiger partial charge >= 0.3 is 0 Å². The van der Waals surface area contributed by atoms with Crippen molar-refractivity contribution in [2.45, 2.75) is 122 Å². The van der Waals surface area contributed by atoms with E-state index in [1.165, 1.54) is 13.8 Å². The van der Waals surface area contributed by atoms with E-state index in [-0.39, 0.29) is 41.6 Å². The van der Waals surface area contributed by atoms with Gasteiger partial charge in [-0.25, -0.2) is 19.3 Å². The number of fused-ring (bicyclic) bond motifs is 1. The van der Waals surface area contributed by atoms with Crippen molar-refractivity contribution in [1.29, 1.82) is 0 Å². The van der Waals surface area contributed by atoms with E-state index < -0.39 is 84.6 Å². The summed E-state index contributed by atoms with van der Waals surface area (Å²) in [6, 6.07) is 0. The zero-order valence-corrected chi connectivity index (χ0v) is 39.8. The minimum atomic E-state index is -5.92. The van der Waals surface area contributed by atoms with Crippen molar-refractivity contribution in [1.82, 2.24) is 30.2 Å². The molecule has 3 heterocycles. The van der Waals surface area contributed by atoms with Crippen LogP contribution in [0.15, 0.2) is 37.0 Å². The summed E-state index contributed by atoms with van der Waals surface area (Å²) in [6.45, 7) is 2.30. The van der Waals surface area contributed by atoms with Gasteiger partial charge in [0.05, 0.1) is 27.4 Å². The smallest absolute Gasteiger partial charge is 0.274 e. The van der Waals surface area contributed by atoms with Gasteiger partial charge in [-0.2, -0.15) is 0 Å². The minimum absolute atomic E-state index is 0.0198. The SMILES string of the molecule is CCC/C=C\C=C\CCCCCCCCC(=O)SCCNC(=O)CCNC(=O)[C@H](O)C(C)(C)COP(=O)([O-])OP(=O)([O-])OC[C@H]1O[C@@H](n2cnc3c(N)ncnc32)[C@H](O)[C@@H]1OP(=O)([O-])[O-]. The highest BCUT2D eigenvalue weighted by Crippen LogP contribution is 2.56. The summed E-state index contributed by atoms with van der Waals surface area (Å²) in [5, 5.41) is 26.4. The number of allylic oxidation sites excluding steroid dienone is 4. The van der Waals surface area contributed by atoms with Crippen molar-refractivity contribution in [3.63, 3.8) is 0 Å². The molecule has 0 aliphatic carbocycles. The molecule has 1 saturated heterocycles. The number of aliphatic hydroxyl groups is 2. The maximum atomic E-state index is 12.6. The number of phosphoric acid groups is 3. The molecule has 6 N–H and O–H groups in total. The number of hydrogen-bond acceptors (Lipinski definition) is 22. The Balaban J connectivity index is 1.33. The van der Waals surface area contributed by atoms with Gasteiger partial charge in [0, 0.05) is 37.1 Å². The number of unbranched alkanes of at least 4 members (excludes halogenated alkanes) is 7. The van der Waals surface area contributed by atoms with Crippen molar-refractivity contribution in [2.75, 3.05) is 37.8 Å². The number of nitrogen functional groups attached to an aromatic ring is 1. The number of aliphatic hydroxyl groups excluding tert-OH is 2. The lowest BCUT2D eigenvalue weighted by atomic mass is 9.87. The van der Waals surface area contributed by atoms with E-state index in [0.717, 1.165) is 86.8 Å². The van der Waals surface area contributed by atoms with Crippen LogP contribution >= 0.6 is 35.2 Å². The normalized spacial score (nSPS) is 20.6. The molecule has 0 saturated carbocycles. The van der Waals surface area contributed by atoms with Crippen LogP contribution in [-0.4, -0.2) is 103 Å². The van der Waals surface area contributed by atoms with Gasteiger partial charge in [-0.3, -0.25) is 28.1 Å². The van der Waals surface area contributed by atoms with Gasteiger partial charge in [0.25, 0.3) is 15.6 Å². The molecule has 28 heteroatoms. The third kappa shape index (κ3) is 20.4. The molecule has 1 aliphatic heterocycles. The fraction of sp³-hybridized carbons (Fsp3) is 0.676.